The lowest BCUT2D eigenvalue weighted by molar-refractivity contribution is 0.309. The molecule has 3 unspecified atom stereocenters. The molecule has 3 atom stereocenters. The summed E-state index contributed by atoms with van der Waals surface area (Å²) in [6, 6.07) is 0. The Balaban J connectivity index is 1.96. The summed E-state index contributed by atoms with van der Waals surface area (Å²) in [4.78, 5) is 0.702. The molecule has 2 N–H and O–H groups in total. The van der Waals surface area contributed by atoms with Crippen LogP contribution >= 0.6 is 15.9 Å². The van der Waals surface area contributed by atoms with E-state index in [0.717, 1.165) is 12.5 Å². The van der Waals surface area contributed by atoms with E-state index in [1.165, 1.54) is 19.4 Å². The second kappa shape index (κ2) is 2.80. The van der Waals surface area contributed by atoms with Gasteiger partial charge < -0.3 is 10.6 Å². The molecule has 0 saturated carbocycles. The molecule has 10 heavy (non-hydrogen) atoms. The largest absolute Gasteiger partial charge is 0.302 e. The van der Waals surface area contributed by atoms with Crippen molar-refractivity contribution in [1.29, 1.82) is 0 Å². The van der Waals surface area contributed by atoms with E-state index in [1.54, 1.807) is 0 Å². The molecular weight excluding hydrogens is 192 g/mol. The number of nitrogens with one attached hydrogen (secondary N) is 2. The topological polar surface area (TPSA) is 24.1 Å². The zero-order chi connectivity index (χ0) is 6.97. The molecule has 2 saturated heterocycles. The van der Waals surface area contributed by atoms with Gasteiger partial charge in [-0.25, -0.2) is 0 Å². The van der Waals surface area contributed by atoms with E-state index in [9.17, 15) is 0 Å². The normalized spacial score (nSPS) is 47.1. The van der Waals surface area contributed by atoms with E-state index in [2.05, 4.69) is 26.6 Å². The predicted octanol–water partition coefficient (Wildman–Crippen LogP) is 0.679. The van der Waals surface area contributed by atoms with E-state index in [4.69, 9.17) is 0 Å². The molecule has 0 radical (unpaired) electrons. The summed E-state index contributed by atoms with van der Waals surface area (Å²) in [5.74, 6) is 0.873. The first-order valence-electron chi connectivity index (χ1n) is 3.97. The molecule has 2 fully saturated rings. The van der Waals surface area contributed by atoms with Crippen molar-refractivity contribution in [2.75, 3.05) is 13.1 Å². The highest BCUT2D eigenvalue weighted by atomic mass is 79.9. The van der Waals surface area contributed by atoms with Crippen LogP contribution in [0.25, 0.3) is 0 Å². The number of hydrogen-bond donors (Lipinski definition) is 2. The molecule has 2 aliphatic heterocycles. The van der Waals surface area contributed by atoms with Crippen LogP contribution in [-0.4, -0.2) is 24.1 Å². The highest BCUT2D eigenvalue weighted by Gasteiger charge is 2.31. The van der Waals surface area contributed by atoms with Gasteiger partial charge >= 0.3 is 0 Å². The average Bonchev–Trinajstić information content (AvgIpc) is 2.33. The minimum atomic E-state index is 0.619. The third kappa shape index (κ3) is 1.22. The molecule has 0 aromatic carbocycles. The molecule has 3 heteroatoms. The molecule has 0 aromatic rings. The molecule has 0 aliphatic carbocycles. The molecule has 2 rings (SSSR count). The summed E-state index contributed by atoms with van der Waals surface area (Å²) in [7, 11) is 0. The Bertz CT molecular complexity index is 129. The van der Waals surface area contributed by atoms with Crippen molar-refractivity contribution in [3.8, 4) is 0 Å². The van der Waals surface area contributed by atoms with Crippen LogP contribution in [0.3, 0.4) is 0 Å². The second-order valence-corrected chi connectivity index (χ2v) is 4.52. The van der Waals surface area contributed by atoms with E-state index in [1.807, 2.05) is 0 Å². The summed E-state index contributed by atoms with van der Waals surface area (Å²) in [6.07, 6.45) is 3.30. The van der Waals surface area contributed by atoms with Crippen LogP contribution in [-0.2, 0) is 0 Å². The van der Waals surface area contributed by atoms with Gasteiger partial charge in [-0.15, -0.1) is 0 Å². The van der Waals surface area contributed by atoms with E-state index in [-0.39, 0.29) is 0 Å². The van der Waals surface area contributed by atoms with Crippen molar-refractivity contribution < 1.29 is 0 Å². The van der Waals surface area contributed by atoms with Crippen molar-refractivity contribution in [1.82, 2.24) is 10.6 Å². The number of alkyl halides is 1. The number of piperidine rings is 1. The van der Waals surface area contributed by atoms with Gasteiger partial charge in [-0.1, -0.05) is 15.9 Å². The Morgan fingerprint density at radius 2 is 2.20 bits per heavy atom. The fourth-order valence-electron chi connectivity index (χ4n) is 1.92. The predicted molar refractivity (Wildman–Crippen MR) is 45.2 cm³/mol. The lowest BCUT2D eigenvalue weighted by atomic mass is 9.96. The van der Waals surface area contributed by atoms with E-state index in [0.29, 0.717) is 11.0 Å². The number of hydrogen-bond acceptors (Lipinski definition) is 2. The van der Waals surface area contributed by atoms with Crippen LogP contribution in [0.2, 0.25) is 0 Å². The molecule has 0 bridgehead atoms. The summed E-state index contributed by atoms with van der Waals surface area (Å²) in [5, 5.41) is 6.92. The van der Waals surface area contributed by atoms with Gasteiger partial charge in [0.1, 0.15) is 0 Å². The van der Waals surface area contributed by atoms with Crippen molar-refractivity contribution in [2.24, 2.45) is 5.92 Å². The molecule has 58 valence electrons. The van der Waals surface area contributed by atoms with Gasteiger partial charge in [0.15, 0.2) is 0 Å². The summed E-state index contributed by atoms with van der Waals surface area (Å²) >= 11 is 3.63. The third-order valence-electron chi connectivity index (χ3n) is 2.47. The molecular formula is C7H13BrN2. The van der Waals surface area contributed by atoms with Gasteiger partial charge in [0.05, 0.1) is 6.17 Å². The third-order valence-corrected chi connectivity index (χ3v) is 3.17. The molecule has 2 nitrogen and oxygen atoms in total. The van der Waals surface area contributed by atoms with Crippen LogP contribution in [0.1, 0.15) is 12.8 Å². The second-order valence-electron chi connectivity index (χ2n) is 3.22. The summed E-state index contributed by atoms with van der Waals surface area (Å²) < 4.78 is 0. The maximum atomic E-state index is 3.63. The van der Waals surface area contributed by atoms with Gasteiger partial charge in [-0.05, 0) is 25.3 Å². The van der Waals surface area contributed by atoms with Crippen LogP contribution in [0.15, 0.2) is 0 Å². The first-order valence-corrected chi connectivity index (χ1v) is 4.88. The van der Waals surface area contributed by atoms with Crippen LogP contribution in [0.5, 0.6) is 0 Å². The molecule has 2 heterocycles. The van der Waals surface area contributed by atoms with Crippen LogP contribution < -0.4 is 10.6 Å². The Morgan fingerprint density at radius 3 is 3.10 bits per heavy atom. The molecule has 0 amide bonds. The highest BCUT2D eigenvalue weighted by Crippen LogP contribution is 2.26. The first-order chi connectivity index (χ1) is 4.86. The fourth-order valence-corrected chi connectivity index (χ4v) is 2.58. The minimum Gasteiger partial charge on any atom is -0.302 e. The minimum absolute atomic E-state index is 0.619. The van der Waals surface area contributed by atoms with Gasteiger partial charge in [-0.2, -0.15) is 0 Å². The number of fused-ring (bicyclic) bond motifs is 1. The Morgan fingerprint density at radius 1 is 1.30 bits per heavy atom. The molecule has 0 aromatic heterocycles. The zero-order valence-electron chi connectivity index (χ0n) is 5.94. The Labute approximate surface area is 69.9 Å². The van der Waals surface area contributed by atoms with Gasteiger partial charge in [-0.3, -0.25) is 0 Å². The maximum Gasteiger partial charge on any atom is 0.0601 e. The first kappa shape index (κ1) is 7.07. The van der Waals surface area contributed by atoms with Crippen molar-refractivity contribution >= 4 is 15.9 Å². The van der Waals surface area contributed by atoms with Crippen molar-refractivity contribution in [2.45, 2.75) is 23.8 Å². The monoisotopic (exact) mass is 204 g/mol. The maximum absolute atomic E-state index is 3.63. The highest BCUT2D eigenvalue weighted by molar-refractivity contribution is 9.09. The molecule has 2 aliphatic rings. The molecule has 0 spiro atoms. The quantitative estimate of drug-likeness (QED) is 0.568. The van der Waals surface area contributed by atoms with Gasteiger partial charge in [0, 0.05) is 11.4 Å². The number of halogens is 1. The van der Waals surface area contributed by atoms with Gasteiger partial charge in [0.25, 0.3) is 0 Å². The standard InChI is InChI=1S/C7H13BrN2/c8-6-3-5-1-2-9-7(5)10-4-6/h5-7,9-10H,1-4H2. The number of rotatable bonds is 0. The Kier molecular flexibility index (Phi) is 1.98. The fraction of sp³-hybridized carbons (Fsp3) is 1.00. The van der Waals surface area contributed by atoms with Gasteiger partial charge in [0.2, 0.25) is 0 Å². The Hall–Kier alpha value is 0.400. The smallest absolute Gasteiger partial charge is 0.0601 e. The lowest BCUT2D eigenvalue weighted by Gasteiger charge is -2.29. The summed E-state index contributed by atoms with van der Waals surface area (Å²) in [5.41, 5.74) is 0. The van der Waals surface area contributed by atoms with Crippen molar-refractivity contribution in [3.63, 3.8) is 0 Å². The van der Waals surface area contributed by atoms with E-state index >= 15 is 0 Å². The average molecular weight is 205 g/mol. The van der Waals surface area contributed by atoms with Crippen LogP contribution in [0, 0.1) is 5.92 Å². The zero-order valence-corrected chi connectivity index (χ0v) is 7.52. The lowest BCUT2D eigenvalue weighted by Crippen LogP contribution is -2.48. The summed E-state index contributed by atoms with van der Waals surface area (Å²) in [6.45, 7) is 2.32. The van der Waals surface area contributed by atoms with Crippen LogP contribution in [0.4, 0.5) is 0 Å². The SMILES string of the molecule is BrC1CNC2NCCC2C1. The van der Waals surface area contributed by atoms with Crippen molar-refractivity contribution in [3.05, 3.63) is 0 Å². The van der Waals surface area contributed by atoms with E-state index < -0.39 is 0 Å².